The van der Waals surface area contributed by atoms with E-state index in [4.69, 9.17) is 0 Å². The van der Waals surface area contributed by atoms with Crippen molar-refractivity contribution in [3.8, 4) is 11.3 Å². The Kier molecular flexibility index (Phi) is 9.85. The summed E-state index contributed by atoms with van der Waals surface area (Å²) in [5.41, 5.74) is -0.777. The largest absolute Gasteiger partial charge is 0.465 e. The van der Waals surface area contributed by atoms with Gasteiger partial charge in [-0.3, -0.25) is 14.5 Å². The summed E-state index contributed by atoms with van der Waals surface area (Å²) >= 11 is 0. The molecule has 0 aliphatic heterocycles. The number of nitrogens with zero attached hydrogens (tertiary/aromatic N) is 5. The van der Waals surface area contributed by atoms with Crippen LogP contribution in [-0.4, -0.2) is 59.2 Å². The molecule has 1 saturated carbocycles. The van der Waals surface area contributed by atoms with Crippen molar-refractivity contribution in [3.63, 3.8) is 0 Å². The Morgan fingerprint density at radius 1 is 1.11 bits per heavy atom. The molecule has 4 rings (SSSR count). The highest BCUT2D eigenvalue weighted by molar-refractivity contribution is 6.42. The predicted molar refractivity (Wildman–Crippen MR) is 158 cm³/mol. The summed E-state index contributed by atoms with van der Waals surface area (Å²) in [6, 6.07) is 4.36. The minimum absolute atomic E-state index is 0.110. The number of benzene rings is 1. The lowest BCUT2D eigenvalue weighted by molar-refractivity contribution is -0.141. The Morgan fingerprint density at radius 2 is 1.80 bits per heavy atom. The zero-order valence-electron chi connectivity index (χ0n) is 25.3. The Hall–Kier alpha value is -4.16. The molecule has 2 N–H and O–H groups in total. The summed E-state index contributed by atoms with van der Waals surface area (Å²) in [4.78, 5) is 45.6. The fourth-order valence-electron chi connectivity index (χ4n) is 5.85. The molecule has 2 heterocycles. The van der Waals surface area contributed by atoms with E-state index in [1.54, 1.807) is 48.5 Å². The van der Waals surface area contributed by atoms with Gasteiger partial charge < -0.3 is 15.0 Å². The van der Waals surface area contributed by atoms with E-state index >= 15 is 0 Å². The first-order valence-corrected chi connectivity index (χ1v) is 14.9. The monoisotopic (exact) mass is 616 g/mol. The highest BCUT2D eigenvalue weighted by atomic mass is 19.4. The number of nitrogens with one attached hydrogen (secondary N) is 1. The van der Waals surface area contributed by atoms with Crippen LogP contribution in [0, 0.1) is 5.41 Å². The molecule has 2 amide bonds. The van der Waals surface area contributed by atoms with Crippen molar-refractivity contribution in [2.24, 2.45) is 5.41 Å². The van der Waals surface area contributed by atoms with Gasteiger partial charge in [-0.1, -0.05) is 46.2 Å². The molecule has 44 heavy (non-hydrogen) atoms. The lowest BCUT2D eigenvalue weighted by Crippen LogP contribution is -2.59. The maximum absolute atomic E-state index is 13.9. The van der Waals surface area contributed by atoms with Gasteiger partial charge in [0.25, 0.3) is 5.91 Å². The van der Waals surface area contributed by atoms with E-state index in [1.165, 1.54) is 18.5 Å². The number of anilines is 1. The number of hydrogen-bond acceptors (Lipinski definition) is 5. The molecule has 2 atom stereocenters. The number of imidazole rings is 1. The number of rotatable bonds is 13. The average Bonchev–Trinajstić information content (AvgIpc) is 3.58. The van der Waals surface area contributed by atoms with Crippen LogP contribution in [0.1, 0.15) is 77.8 Å². The van der Waals surface area contributed by atoms with Crippen molar-refractivity contribution in [2.75, 3.05) is 5.32 Å². The topological polar surface area (TPSA) is 122 Å². The molecule has 10 nitrogen and oxygen atoms in total. The lowest BCUT2D eigenvalue weighted by Gasteiger charge is -2.43. The zero-order chi connectivity index (χ0) is 32.2. The van der Waals surface area contributed by atoms with Gasteiger partial charge in [0.1, 0.15) is 11.9 Å². The van der Waals surface area contributed by atoms with Crippen LogP contribution < -0.4 is 5.32 Å². The van der Waals surface area contributed by atoms with E-state index in [0.717, 1.165) is 36.3 Å². The summed E-state index contributed by atoms with van der Waals surface area (Å²) in [7, 11) is 0. The van der Waals surface area contributed by atoms with Crippen LogP contribution in [0.15, 0.2) is 49.1 Å². The minimum Gasteiger partial charge on any atom is -0.465 e. The fraction of sp³-hybridized carbons (Fsp3) is 0.516. The van der Waals surface area contributed by atoms with Crippen LogP contribution in [-0.2, 0) is 22.3 Å². The van der Waals surface area contributed by atoms with E-state index in [9.17, 15) is 32.7 Å². The Balaban J connectivity index is 1.59. The number of halogens is 3. The van der Waals surface area contributed by atoms with Crippen molar-refractivity contribution in [3.05, 3.63) is 54.6 Å². The Morgan fingerprint density at radius 3 is 2.34 bits per heavy atom. The number of carboxylic acid groups (broad SMARTS) is 1. The summed E-state index contributed by atoms with van der Waals surface area (Å²) in [5.74, 6) is -1.38. The third-order valence-corrected chi connectivity index (χ3v) is 8.37. The molecule has 1 aliphatic carbocycles. The molecule has 0 spiro atoms. The van der Waals surface area contributed by atoms with Crippen LogP contribution in [0.4, 0.5) is 23.8 Å². The van der Waals surface area contributed by atoms with Crippen LogP contribution in [0.25, 0.3) is 11.3 Å². The van der Waals surface area contributed by atoms with Crippen LogP contribution >= 0.6 is 0 Å². The van der Waals surface area contributed by atoms with Gasteiger partial charge in [-0.25, -0.2) is 14.5 Å². The number of Topliss-reactive ketones (excluding diaryl/α,β-unsaturated/α-hetero) is 1. The number of ketones is 1. The van der Waals surface area contributed by atoms with Crippen LogP contribution in [0.2, 0.25) is 0 Å². The number of carbonyl (C=O) groups is 3. The normalized spacial score (nSPS) is 15.3. The molecular formula is C31H39F3N6O4. The average molecular weight is 617 g/mol. The lowest BCUT2D eigenvalue weighted by atomic mass is 9.76. The first kappa shape index (κ1) is 32.7. The highest BCUT2D eigenvalue weighted by Crippen LogP contribution is 2.36. The summed E-state index contributed by atoms with van der Waals surface area (Å²) in [6.45, 7) is 7.40. The standard InChI is InChI=1S/C31H39F3N6O4/c1-5-15-30(3,4)27(26(41)28(42)37-25-14-16-36-40(25)23-8-7-9-23)39(29(43)44)22(6-2)17-38-18-24(35-19-38)20-10-12-21(13-11-20)31(32,33)34/h10-14,16,18-19,22-23,27H,5-9,15,17H2,1-4H3,(H,37,42)(H,43,44)/t22-,27+/m0/s1. The molecule has 13 heteroatoms. The molecule has 0 radical (unpaired) electrons. The van der Waals surface area contributed by atoms with E-state index in [-0.39, 0.29) is 12.6 Å². The first-order chi connectivity index (χ1) is 20.8. The van der Waals surface area contributed by atoms with Gasteiger partial charge >= 0.3 is 12.3 Å². The van der Waals surface area contributed by atoms with E-state index in [0.29, 0.717) is 36.3 Å². The van der Waals surface area contributed by atoms with Gasteiger partial charge in [-0.15, -0.1) is 0 Å². The third-order valence-electron chi connectivity index (χ3n) is 8.37. The second-order valence-electron chi connectivity index (χ2n) is 12.0. The van der Waals surface area contributed by atoms with E-state index < -0.39 is 47.0 Å². The van der Waals surface area contributed by atoms with Crippen molar-refractivity contribution in [1.29, 1.82) is 0 Å². The molecule has 3 aromatic rings. The minimum atomic E-state index is -4.46. The SMILES string of the molecule is CCCC(C)(C)[C@@H](C(=O)C(=O)Nc1ccnn1C1CCC1)N(C(=O)O)[C@@H](CC)Cn1cnc(-c2ccc(C(F)(F)F)cc2)c1. The van der Waals surface area contributed by atoms with Gasteiger partial charge in [0, 0.05) is 24.4 Å². The first-order valence-electron chi connectivity index (χ1n) is 14.9. The van der Waals surface area contributed by atoms with Crippen molar-refractivity contribution in [1.82, 2.24) is 24.2 Å². The second-order valence-corrected chi connectivity index (χ2v) is 12.0. The summed E-state index contributed by atoms with van der Waals surface area (Å²) in [6.07, 6.45) is 3.21. The molecule has 1 fully saturated rings. The molecule has 1 aromatic carbocycles. The number of hydrogen-bond donors (Lipinski definition) is 2. The predicted octanol–water partition coefficient (Wildman–Crippen LogP) is 6.65. The van der Waals surface area contributed by atoms with Crippen molar-refractivity contribution < 1.29 is 32.7 Å². The number of carbonyl (C=O) groups excluding carboxylic acids is 2. The molecule has 0 saturated heterocycles. The van der Waals surface area contributed by atoms with Crippen LogP contribution in [0.3, 0.4) is 0 Å². The maximum Gasteiger partial charge on any atom is 0.416 e. The molecular weight excluding hydrogens is 577 g/mol. The quantitative estimate of drug-likeness (QED) is 0.207. The van der Waals surface area contributed by atoms with Crippen molar-refractivity contribution in [2.45, 2.75) is 97.1 Å². The smallest absolute Gasteiger partial charge is 0.416 e. The molecule has 2 aromatic heterocycles. The van der Waals surface area contributed by atoms with Crippen molar-refractivity contribution >= 4 is 23.6 Å². The van der Waals surface area contributed by atoms with Gasteiger partial charge in [-0.2, -0.15) is 18.3 Å². The Bertz CT molecular complexity index is 1460. The Labute approximate surface area is 254 Å². The van der Waals surface area contributed by atoms with E-state index in [2.05, 4.69) is 15.4 Å². The van der Waals surface area contributed by atoms with Crippen LogP contribution in [0.5, 0.6) is 0 Å². The van der Waals surface area contributed by atoms with Gasteiger partial charge in [0.15, 0.2) is 0 Å². The second kappa shape index (κ2) is 13.2. The van der Waals surface area contributed by atoms with Gasteiger partial charge in [0.05, 0.1) is 35.9 Å². The number of amides is 2. The molecule has 0 bridgehead atoms. The number of alkyl halides is 3. The zero-order valence-corrected chi connectivity index (χ0v) is 25.3. The molecule has 1 aliphatic rings. The van der Waals surface area contributed by atoms with Gasteiger partial charge in [0.2, 0.25) is 5.78 Å². The summed E-state index contributed by atoms with van der Waals surface area (Å²) < 4.78 is 42.3. The summed E-state index contributed by atoms with van der Waals surface area (Å²) in [5, 5.41) is 17.5. The maximum atomic E-state index is 13.9. The third kappa shape index (κ3) is 7.13. The van der Waals surface area contributed by atoms with Gasteiger partial charge in [-0.05, 0) is 49.7 Å². The highest BCUT2D eigenvalue weighted by Gasteiger charge is 2.46. The van der Waals surface area contributed by atoms with E-state index in [1.807, 2.05) is 6.92 Å². The molecule has 0 unspecified atom stereocenters. The number of aromatic nitrogens is 4. The molecule has 238 valence electrons. The fourth-order valence-corrected chi connectivity index (χ4v) is 5.85.